The van der Waals surface area contributed by atoms with E-state index in [0.29, 0.717) is 29.8 Å². The number of carbonyl (C=O) groups excluding carboxylic acids is 1. The minimum absolute atomic E-state index is 0.0311. The van der Waals surface area contributed by atoms with E-state index in [-0.39, 0.29) is 12.3 Å². The summed E-state index contributed by atoms with van der Waals surface area (Å²) in [5.41, 5.74) is 1.77. The van der Waals surface area contributed by atoms with E-state index in [4.69, 9.17) is 9.47 Å². The van der Waals surface area contributed by atoms with E-state index < -0.39 is 0 Å². The van der Waals surface area contributed by atoms with Crippen molar-refractivity contribution in [2.45, 2.75) is 6.42 Å². The van der Waals surface area contributed by atoms with Gasteiger partial charge in [0.15, 0.2) is 16.6 Å². The zero-order valence-electron chi connectivity index (χ0n) is 13.5. The molecule has 7 heteroatoms. The van der Waals surface area contributed by atoms with Gasteiger partial charge in [-0.2, -0.15) is 0 Å². The van der Waals surface area contributed by atoms with Gasteiger partial charge in [0, 0.05) is 11.5 Å². The number of hydrogen-bond donors (Lipinski definition) is 0. The van der Waals surface area contributed by atoms with Gasteiger partial charge in [0.25, 0.3) is 0 Å². The monoisotopic (exact) mass is 418 g/mol. The number of anilines is 1. The number of thiazole rings is 1. The molecule has 128 valence electrons. The predicted molar refractivity (Wildman–Crippen MR) is 102 cm³/mol. The van der Waals surface area contributed by atoms with Crippen molar-refractivity contribution in [3.8, 4) is 11.5 Å². The molecule has 1 aromatic heterocycles. The van der Waals surface area contributed by atoms with Crippen LogP contribution in [0.4, 0.5) is 5.13 Å². The van der Waals surface area contributed by atoms with Crippen LogP contribution in [0, 0.1) is 0 Å². The number of ether oxygens (including phenoxy) is 2. The highest BCUT2D eigenvalue weighted by Crippen LogP contribution is 2.36. The number of para-hydroxylation sites is 1. The summed E-state index contributed by atoms with van der Waals surface area (Å²) in [4.78, 5) is 18.8. The lowest BCUT2D eigenvalue weighted by atomic mass is 10.1. The highest BCUT2D eigenvalue weighted by atomic mass is 79.9. The maximum atomic E-state index is 12.7. The fourth-order valence-corrected chi connectivity index (χ4v) is 4.04. The molecule has 0 atom stereocenters. The molecule has 0 unspecified atom stereocenters. The highest BCUT2D eigenvalue weighted by molar-refractivity contribution is 9.10. The average molecular weight is 419 g/mol. The summed E-state index contributed by atoms with van der Waals surface area (Å²) in [5.74, 6) is 1.35. The Balaban J connectivity index is 1.57. The molecule has 5 nitrogen and oxygen atoms in total. The van der Waals surface area contributed by atoms with Crippen LogP contribution in [0.1, 0.15) is 5.56 Å². The molecular weight excluding hydrogens is 404 g/mol. The fourth-order valence-electron chi connectivity index (χ4n) is 2.63. The van der Waals surface area contributed by atoms with Crippen molar-refractivity contribution in [1.82, 2.24) is 4.98 Å². The largest absolute Gasteiger partial charge is 0.486 e. The van der Waals surface area contributed by atoms with Crippen molar-refractivity contribution in [1.29, 1.82) is 0 Å². The van der Waals surface area contributed by atoms with Gasteiger partial charge >= 0.3 is 0 Å². The fraction of sp³-hybridized carbons (Fsp3) is 0.222. The van der Waals surface area contributed by atoms with Gasteiger partial charge in [0.1, 0.15) is 13.2 Å². The number of hydrogen-bond acceptors (Lipinski definition) is 5. The van der Waals surface area contributed by atoms with E-state index in [0.717, 1.165) is 20.3 Å². The molecule has 0 N–H and O–H groups in total. The van der Waals surface area contributed by atoms with E-state index in [2.05, 4.69) is 20.9 Å². The number of rotatable bonds is 3. The van der Waals surface area contributed by atoms with Gasteiger partial charge in [-0.25, -0.2) is 4.98 Å². The number of amides is 1. The molecule has 3 aromatic rings. The first-order valence-corrected chi connectivity index (χ1v) is 9.43. The molecule has 2 aromatic carbocycles. The first-order chi connectivity index (χ1) is 12.1. The van der Waals surface area contributed by atoms with E-state index in [1.807, 2.05) is 36.4 Å². The van der Waals surface area contributed by atoms with Crippen LogP contribution in [0.5, 0.6) is 11.5 Å². The quantitative estimate of drug-likeness (QED) is 0.643. The SMILES string of the molecule is CN(C(=O)Cc1cc2c(cc1Br)OCCO2)c1nc2ccccc2s1. The van der Waals surface area contributed by atoms with Crippen molar-refractivity contribution >= 4 is 48.5 Å². The summed E-state index contributed by atoms with van der Waals surface area (Å²) in [6.45, 7) is 1.06. The summed E-state index contributed by atoms with van der Waals surface area (Å²) in [6, 6.07) is 11.6. The minimum Gasteiger partial charge on any atom is -0.486 e. The summed E-state index contributed by atoms with van der Waals surface area (Å²) >= 11 is 5.03. The van der Waals surface area contributed by atoms with Crippen LogP contribution in [0.15, 0.2) is 40.9 Å². The zero-order chi connectivity index (χ0) is 17.4. The summed E-state index contributed by atoms with van der Waals surface area (Å²) in [6.07, 6.45) is 0.254. The van der Waals surface area contributed by atoms with E-state index >= 15 is 0 Å². The van der Waals surface area contributed by atoms with Gasteiger partial charge in [-0.05, 0) is 29.8 Å². The molecule has 0 saturated carbocycles. The van der Waals surface area contributed by atoms with Crippen LogP contribution in [0.3, 0.4) is 0 Å². The van der Waals surface area contributed by atoms with Crippen LogP contribution in [-0.2, 0) is 11.2 Å². The van der Waals surface area contributed by atoms with E-state index in [1.165, 1.54) is 11.3 Å². The third-order valence-electron chi connectivity index (χ3n) is 4.00. The molecule has 0 aliphatic carbocycles. The number of fused-ring (bicyclic) bond motifs is 2. The smallest absolute Gasteiger partial charge is 0.232 e. The van der Waals surface area contributed by atoms with Crippen molar-refractivity contribution in [2.24, 2.45) is 0 Å². The number of halogens is 1. The summed E-state index contributed by atoms with van der Waals surface area (Å²) in [5, 5.41) is 0.694. The molecule has 1 amide bonds. The van der Waals surface area contributed by atoms with Gasteiger partial charge in [-0.3, -0.25) is 9.69 Å². The Kier molecular flexibility index (Phi) is 4.35. The molecule has 0 fully saturated rings. The number of carbonyl (C=O) groups is 1. The lowest BCUT2D eigenvalue weighted by molar-refractivity contribution is -0.117. The molecule has 0 bridgehead atoms. The van der Waals surface area contributed by atoms with E-state index in [1.54, 1.807) is 11.9 Å². The van der Waals surface area contributed by atoms with Gasteiger partial charge in [-0.1, -0.05) is 39.4 Å². The second-order valence-electron chi connectivity index (χ2n) is 5.68. The second kappa shape index (κ2) is 6.65. The van der Waals surface area contributed by atoms with Crippen LogP contribution in [-0.4, -0.2) is 31.2 Å². The Morgan fingerprint density at radius 3 is 2.72 bits per heavy atom. The van der Waals surface area contributed by atoms with Crippen molar-refractivity contribution in [3.63, 3.8) is 0 Å². The summed E-state index contributed by atoms with van der Waals surface area (Å²) < 4.78 is 13.1. The third-order valence-corrected chi connectivity index (χ3v) is 5.85. The van der Waals surface area contributed by atoms with Gasteiger partial charge in [0.05, 0.1) is 16.6 Å². The normalized spacial score (nSPS) is 13.0. The molecule has 25 heavy (non-hydrogen) atoms. The van der Waals surface area contributed by atoms with Crippen molar-refractivity contribution in [3.05, 3.63) is 46.4 Å². The molecule has 1 aliphatic heterocycles. The van der Waals surface area contributed by atoms with Crippen molar-refractivity contribution < 1.29 is 14.3 Å². The number of likely N-dealkylation sites (N-methyl/N-ethyl adjacent to an activating group) is 1. The Hall–Kier alpha value is -2.12. The molecule has 0 spiro atoms. The van der Waals surface area contributed by atoms with Gasteiger partial charge in [0.2, 0.25) is 5.91 Å². The van der Waals surface area contributed by atoms with Crippen LogP contribution in [0.25, 0.3) is 10.2 Å². The third kappa shape index (κ3) is 3.21. The maximum Gasteiger partial charge on any atom is 0.232 e. The Morgan fingerprint density at radius 2 is 1.96 bits per heavy atom. The Morgan fingerprint density at radius 1 is 1.24 bits per heavy atom. The first-order valence-electron chi connectivity index (χ1n) is 7.82. The maximum absolute atomic E-state index is 12.7. The van der Waals surface area contributed by atoms with Gasteiger partial charge < -0.3 is 9.47 Å². The van der Waals surface area contributed by atoms with E-state index in [9.17, 15) is 4.79 Å². The Bertz CT molecular complexity index is 924. The number of nitrogens with zero attached hydrogens (tertiary/aromatic N) is 2. The van der Waals surface area contributed by atoms with Crippen LogP contribution >= 0.6 is 27.3 Å². The molecular formula is C18H15BrN2O3S. The zero-order valence-corrected chi connectivity index (χ0v) is 15.9. The van der Waals surface area contributed by atoms with Crippen LogP contribution < -0.4 is 14.4 Å². The lowest BCUT2D eigenvalue weighted by Gasteiger charge is -2.20. The molecule has 4 rings (SSSR count). The lowest BCUT2D eigenvalue weighted by Crippen LogP contribution is -2.28. The highest BCUT2D eigenvalue weighted by Gasteiger charge is 2.20. The van der Waals surface area contributed by atoms with Gasteiger partial charge in [-0.15, -0.1) is 0 Å². The number of benzene rings is 2. The van der Waals surface area contributed by atoms with Crippen molar-refractivity contribution in [2.75, 3.05) is 25.2 Å². The minimum atomic E-state index is -0.0311. The second-order valence-corrected chi connectivity index (χ2v) is 7.54. The molecule has 1 aliphatic rings. The first kappa shape index (κ1) is 16.4. The Labute approximate surface area is 157 Å². The average Bonchev–Trinajstić information content (AvgIpc) is 3.05. The topological polar surface area (TPSA) is 51.7 Å². The van der Waals surface area contributed by atoms with Crippen LogP contribution in [0.2, 0.25) is 0 Å². The molecule has 2 heterocycles. The summed E-state index contributed by atoms with van der Waals surface area (Å²) in [7, 11) is 1.76. The number of aromatic nitrogens is 1. The predicted octanol–water partition coefficient (Wildman–Crippen LogP) is 4.04. The molecule has 0 radical (unpaired) electrons. The molecule has 0 saturated heterocycles. The standard InChI is InChI=1S/C18H15BrN2O3S/c1-21(18-20-13-4-2-3-5-16(13)25-18)17(22)9-11-8-14-15(10-12(11)19)24-7-6-23-14/h2-5,8,10H,6-7,9H2,1H3.